The Labute approximate surface area is 132 Å². The summed E-state index contributed by atoms with van der Waals surface area (Å²) in [4.78, 5) is 23.9. The van der Waals surface area contributed by atoms with E-state index in [1.54, 1.807) is 0 Å². The molecule has 2 saturated heterocycles. The molecular weight excluding hydrogens is 317 g/mol. The third kappa shape index (κ3) is 5.35. The molecule has 0 aromatic carbocycles. The second-order valence-corrected chi connectivity index (χ2v) is 5.67. The van der Waals surface area contributed by atoms with Crippen molar-refractivity contribution in [3.63, 3.8) is 0 Å². The van der Waals surface area contributed by atoms with Crippen LogP contribution in [0.1, 0.15) is 25.7 Å². The van der Waals surface area contributed by atoms with Crippen molar-refractivity contribution >= 4 is 11.8 Å². The van der Waals surface area contributed by atoms with Crippen LogP contribution in [-0.2, 0) is 19.1 Å². The second-order valence-electron chi connectivity index (χ2n) is 5.67. The summed E-state index contributed by atoms with van der Waals surface area (Å²) in [5.41, 5.74) is 0. The molecule has 2 aliphatic rings. The molecule has 0 bridgehead atoms. The Hall–Kier alpha value is -1.35. The second kappa shape index (κ2) is 7.96. The summed E-state index contributed by atoms with van der Waals surface area (Å²) in [6.07, 6.45) is -3.28. The van der Waals surface area contributed by atoms with E-state index in [4.69, 9.17) is 9.47 Å². The average Bonchev–Trinajstić information content (AvgIpc) is 2.54. The lowest BCUT2D eigenvalue weighted by atomic mass is 9.96. The number of halogens is 3. The van der Waals surface area contributed by atoms with Gasteiger partial charge in [-0.05, 0) is 19.3 Å². The minimum absolute atomic E-state index is 0.0503. The van der Waals surface area contributed by atoms with E-state index in [9.17, 15) is 22.8 Å². The van der Waals surface area contributed by atoms with Crippen LogP contribution in [0.15, 0.2) is 0 Å². The summed E-state index contributed by atoms with van der Waals surface area (Å²) < 4.78 is 47.7. The summed E-state index contributed by atoms with van der Waals surface area (Å²) in [5.74, 6) is -2.39. The molecule has 0 aromatic heterocycles. The predicted octanol–water partition coefficient (Wildman–Crippen LogP) is 1.06. The highest BCUT2D eigenvalue weighted by molar-refractivity contribution is 5.83. The molecule has 0 spiro atoms. The van der Waals surface area contributed by atoms with Gasteiger partial charge < -0.3 is 19.7 Å². The highest BCUT2D eigenvalue weighted by Crippen LogP contribution is 2.24. The number of nitrogens with zero attached hydrogens (tertiary/aromatic N) is 1. The van der Waals surface area contributed by atoms with Crippen molar-refractivity contribution in [3.05, 3.63) is 0 Å². The van der Waals surface area contributed by atoms with E-state index in [1.807, 2.05) is 0 Å². The number of ether oxygens (including phenoxy) is 2. The van der Waals surface area contributed by atoms with Crippen LogP contribution in [-0.4, -0.2) is 62.0 Å². The molecule has 2 rings (SSSR count). The molecule has 0 aromatic rings. The summed E-state index contributed by atoms with van der Waals surface area (Å²) in [5, 5.41) is 2.75. The van der Waals surface area contributed by atoms with Crippen molar-refractivity contribution in [3.8, 4) is 0 Å². The Balaban J connectivity index is 1.66. The molecule has 2 aliphatic heterocycles. The third-order valence-corrected chi connectivity index (χ3v) is 3.97. The van der Waals surface area contributed by atoms with Crippen molar-refractivity contribution < 1.29 is 32.2 Å². The fourth-order valence-electron chi connectivity index (χ4n) is 2.68. The number of likely N-dealkylation sites (tertiary alicyclic amines) is 1. The van der Waals surface area contributed by atoms with Crippen LogP contribution in [0.5, 0.6) is 0 Å². The van der Waals surface area contributed by atoms with E-state index in [2.05, 4.69) is 5.32 Å². The molecule has 6 nitrogen and oxygen atoms in total. The standard InChI is InChI=1S/C14H21F3N2O4/c15-14(16,17)13(21)19-6-3-10(4-7-19)12(20)18-5-2-11-22-8-1-9-23-11/h10-11H,1-9H2,(H,18,20). The van der Waals surface area contributed by atoms with Gasteiger partial charge in [0.25, 0.3) is 0 Å². The van der Waals surface area contributed by atoms with Crippen molar-refractivity contribution in [1.29, 1.82) is 0 Å². The number of piperidine rings is 1. The highest BCUT2D eigenvalue weighted by atomic mass is 19.4. The molecule has 0 saturated carbocycles. The summed E-state index contributed by atoms with van der Waals surface area (Å²) in [6, 6.07) is 0. The Morgan fingerprint density at radius 1 is 1.13 bits per heavy atom. The number of hydrogen-bond acceptors (Lipinski definition) is 4. The quantitative estimate of drug-likeness (QED) is 0.832. The summed E-state index contributed by atoms with van der Waals surface area (Å²) >= 11 is 0. The molecule has 0 unspecified atom stereocenters. The molecule has 23 heavy (non-hydrogen) atoms. The van der Waals surface area contributed by atoms with Crippen LogP contribution in [0.25, 0.3) is 0 Å². The molecule has 2 heterocycles. The van der Waals surface area contributed by atoms with Gasteiger partial charge in [-0.1, -0.05) is 0 Å². The lowest BCUT2D eigenvalue weighted by molar-refractivity contribution is -0.186. The molecule has 0 aliphatic carbocycles. The monoisotopic (exact) mass is 338 g/mol. The smallest absolute Gasteiger partial charge is 0.356 e. The zero-order valence-corrected chi connectivity index (χ0v) is 12.7. The summed E-state index contributed by atoms with van der Waals surface area (Å²) in [7, 11) is 0. The van der Waals surface area contributed by atoms with Gasteiger partial charge in [-0.2, -0.15) is 13.2 Å². The predicted molar refractivity (Wildman–Crippen MR) is 73.3 cm³/mol. The van der Waals surface area contributed by atoms with Gasteiger partial charge in [0, 0.05) is 32.0 Å². The van der Waals surface area contributed by atoms with Gasteiger partial charge in [0.2, 0.25) is 5.91 Å². The molecular formula is C14H21F3N2O4. The highest BCUT2D eigenvalue weighted by Gasteiger charge is 2.43. The van der Waals surface area contributed by atoms with Crippen molar-refractivity contribution in [2.75, 3.05) is 32.8 Å². The zero-order chi connectivity index (χ0) is 16.9. The van der Waals surface area contributed by atoms with Gasteiger partial charge in [-0.25, -0.2) is 0 Å². The fourth-order valence-corrected chi connectivity index (χ4v) is 2.68. The van der Waals surface area contributed by atoms with E-state index in [0.29, 0.717) is 26.2 Å². The number of hydrogen-bond donors (Lipinski definition) is 1. The number of alkyl halides is 3. The third-order valence-electron chi connectivity index (χ3n) is 3.97. The first-order valence-corrected chi connectivity index (χ1v) is 7.75. The van der Waals surface area contributed by atoms with Crippen LogP contribution < -0.4 is 5.32 Å². The van der Waals surface area contributed by atoms with E-state index in [-0.39, 0.29) is 44.0 Å². The van der Waals surface area contributed by atoms with Gasteiger partial charge in [0.15, 0.2) is 6.29 Å². The fraction of sp³-hybridized carbons (Fsp3) is 0.857. The first kappa shape index (κ1) is 18.0. The first-order valence-electron chi connectivity index (χ1n) is 7.75. The largest absolute Gasteiger partial charge is 0.471 e. The SMILES string of the molecule is O=C(NCCC1OCCCO1)C1CCN(C(=O)C(F)(F)F)CC1. The van der Waals surface area contributed by atoms with Crippen molar-refractivity contribution in [1.82, 2.24) is 10.2 Å². The number of carbonyl (C=O) groups excluding carboxylic acids is 2. The topological polar surface area (TPSA) is 67.9 Å². The van der Waals surface area contributed by atoms with Crippen LogP contribution in [0, 0.1) is 5.92 Å². The minimum Gasteiger partial charge on any atom is -0.356 e. The van der Waals surface area contributed by atoms with E-state index < -0.39 is 12.1 Å². The van der Waals surface area contributed by atoms with Gasteiger partial charge in [0.1, 0.15) is 0 Å². The van der Waals surface area contributed by atoms with Crippen LogP contribution >= 0.6 is 0 Å². The molecule has 9 heteroatoms. The molecule has 0 atom stereocenters. The molecule has 1 N–H and O–H groups in total. The molecule has 2 fully saturated rings. The van der Waals surface area contributed by atoms with Crippen LogP contribution in [0.4, 0.5) is 13.2 Å². The molecule has 0 radical (unpaired) electrons. The van der Waals surface area contributed by atoms with E-state index >= 15 is 0 Å². The molecule has 132 valence electrons. The van der Waals surface area contributed by atoms with Crippen LogP contribution in [0.3, 0.4) is 0 Å². The van der Waals surface area contributed by atoms with E-state index in [1.165, 1.54) is 0 Å². The van der Waals surface area contributed by atoms with Crippen LogP contribution in [0.2, 0.25) is 0 Å². The minimum atomic E-state index is -4.85. The van der Waals surface area contributed by atoms with Gasteiger partial charge in [0.05, 0.1) is 13.2 Å². The number of nitrogens with one attached hydrogen (secondary N) is 1. The van der Waals surface area contributed by atoms with Gasteiger partial charge in [-0.3, -0.25) is 9.59 Å². The average molecular weight is 338 g/mol. The Morgan fingerprint density at radius 2 is 1.74 bits per heavy atom. The molecule has 2 amide bonds. The maximum atomic E-state index is 12.3. The Bertz CT molecular complexity index is 417. The van der Waals surface area contributed by atoms with Crippen molar-refractivity contribution in [2.45, 2.75) is 38.1 Å². The van der Waals surface area contributed by atoms with Gasteiger partial charge in [-0.15, -0.1) is 0 Å². The lowest BCUT2D eigenvalue weighted by Crippen LogP contribution is -2.47. The normalized spacial score (nSPS) is 21.3. The Kier molecular flexibility index (Phi) is 6.23. The lowest BCUT2D eigenvalue weighted by Gasteiger charge is -2.31. The maximum absolute atomic E-state index is 12.3. The maximum Gasteiger partial charge on any atom is 0.471 e. The number of amides is 2. The number of carbonyl (C=O) groups is 2. The zero-order valence-electron chi connectivity index (χ0n) is 12.7. The van der Waals surface area contributed by atoms with Crippen molar-refractivity contribution in [2.24, 2.45) is 5.92 Å². The first-order chi connectivity index (χ1) is 10.9. The summed E-state index contributed by atoms with van der Waals surface area (Å²) in [6.45, 7) is 1.58. The van der Waals surface area contributed by atoms with E-state index in [0.717, 1.165) is 11.3 Å². The number of rotatable bonds is 4. The van der Waals surface area contributed by atoms with Gasteiger partial charge >= 0.3 is 12.1 Å². The Morgan fingerprint density at radius 3 is 2.30 bits per heavy atom.